The number of piperazine rings is 1. The Morgan fingerprint density at radius 3 is 2.24 bits per heavy atom. The van der Waals surface area contributed by atoms with Gasteiger partial charge in [-0.15, -0.1) is 12.4 Å². The van der Waals surface area contributed by atoms with E-state index in [1.54, 1.807) is 0 Å². The summed E-state index contributed by atoms with van der Waals surface area (Å²) < 4.78 is 2.00. The number of benzene rings is 2. The molecular formula is C19H21ClN4O. The molecule has 0 N–H and O–H groups in total. The van der Waals surface area contributed by atoms with Crippen molar-refractivity contribution in [3.63, 3.8) is 0 Å². The largest absolute Gasteiger partial charge is 0.368 e. The molecule has 1 amide bonds. The predicted octanol–water partition coefficient (Wildman–Crippen LogP) is 3.03. The lowest BCUT2D eigenvalue weighted by Gasteiger charge is -2.34. The second-order valence-electron chi connectivity index (χ2n) is 6.16. The number of rotatable bonds is 3. The Bertz CT molecular complexity index is 867. The quantitative estimate of drug-likeness (QED) is 0.677. The molecule has 1 fully saturated rings. The smallest absolute Gasteiger partial charge is 0.209 e. The van der Waals surface area contributed by atoms with Crippen LogP contribution in [0.4, 0.5) is 5.69 Å². The molecule has 2 heterocycles. The highest BCUT2D eigenvalue weighted by atomic mass is 35.5. The first kappa shape index (κ1) is 17.3. The van der Waals surface area contributed by atoms with Crippen molar-refractivity contribution >= 4 is 35.4 Å². The Morgan fingerprint density at radius 1 is 0.920 bits per heavy atom. The minimum atomic E-state index is 0. The second-order valence-corrected chi connectivity index (χ2v) is 6.16. The molecule has 0 saturated carbocycles. The van der Waals surface area contributed by atoms with Crippen LogP contribution in [0.25, 0.3) is 16.6 Å². The maximum absolute atomic E-state index is 10.8. The first-order valence-corrected chi connectivity index (χ1v) is 8.25. The first-order chi connectivity index (χ1) is 11.8. The average Bonchev–Trinajstić information content (AvgIpc) is 2.99. The van der Waals surface area contributed by atoms with Gasteiger partial charge in [0.2, 0.25) is 6.41 Å². The third-order valence-electron chi connectivity index (χ3n) is 4.69. The Kier molecular flexibility index (Phi) is 4.95. The molecule has 1 aliphatic heterocycles. The Labute approximate surface area is 153 Å². The maximum Gasteiger partial charge on any atom is 0.209 e. The zero-order valence-corrected chi connectivity index (χ0v) is 14.9. The fourth-order valence-corrected chi connectivity index (χ4v) is 3.31. The topological polar surface area (TPSA) is 41.4 Å². The highest BCUT2D eigenvalue weighted by Crippen LogP contribution is 2.23. The summed E-state index contributed by atoms with van der Waals surface area (Å²) in [5, 5.41) is 5.87. The number of fused-ring (bicyclic) bond motifs is 1. The Hall–Kier alpha value is -2.53. The highest BCUT2D eigenvalue weighted by Gasteiger charge is 2.16. The van der Waals surface area contributed by atoms with Crippen LogP contribution in [0.5, 0.6) is 0 Å². The van der Waals surface area contributed by atoms with Gasteiger partial charge in [0.1, 0.15) is 0 Å². The number of carbonyl (C=O) groups excluding carboxylic acids is 1. The lowest BCUT2D eigenvalue weighted by molar-refractivity contribution is -0.118. The summed E-state index contributed by atoms with van der Waals surface area (Å²) in [5.41, 5.74) is 4.43. The molecule has 0 unspecified atom stereocenters. The van der Waals surface area contributed by atoms with Crippen LogP contribution >= 0.6 is 12.4 Å². The van der Waals surface area contributed by atoms with Gasteiger partial charge in [0.25, 0.3) is 0 Å². The van der Waals surface area contributed by atoms with Gasteiger partial charge >= 0.3 is 0 Å². The van der Waals surface area contributed by atoms with Gasteiger partial charge in [-0.05, 0) is 37.3 Å². The van der Waals surface area contributed by atoms with Gasteiger partial charge in [-0.1, -0.05) is 18.2 Å². The molecule has 25 heavy (non-hydrogen) atoms. The third kappa shape index (κ3) is 3.20. The summed E-state index contributed by atoms with van der Waals surface area (Å²) in [6.45, 7) is 5.37. The number of amides is 1. The molecule has 1 aromatic heterocycles. The minimum Gasteiger partial charge on any atom is -0.368 e. The van der Waals surface area contributed by atoms with E-state index in [9.17, 15) is 4.79 Å². The molecule has 130 valence electrons. The molecule has 0 spiro atoms. The minimum absolute atomic E-state index is 0. The first-order valence-electron chi connectivity index (χ1n) is 8.25. The van der Waals surface area contributed by atoms with Crippen molar-refractivity contribution in [2.24, 2.45) is 0 Å². The Morgan fingerprint density at radius 2 is 1.56 bits per heavy atom. The van der Waals surface area contributed by atoms with Gasteiger partial charge in [0, 0.05) is 37.3 Å². The normalized spacial score (nSPS) is 14.4. The van der Waals surface area contributed by atoms with Crippen LogP contribution < -0.4 is 4.90 Å². The van der Waals surface area contributed by atoms with E-state index in [0.717, 1.165) is 49.5 Å². The number of aromatic nitrogens is 2. The summed E-state index contributed by atoms with van der Waals surface area (Å²) in [6, 6.07) is 16.8. The van der Waals surface area contributed by atoms with E-state index in [4.69, 9.17) is 0 Å². The van der Waals surface area contributed by atoms with Crippen LogP contribution in [-0.2, 0) is 4.79 Å². The van der Waals surface area contributed by atoms with E-state index in [2.05, 4.69) is 46.4 Å². The molecule has 0 radical (unpaired) electrons. The molecule has 4 rings (SSSR count). The Balaban J connectivity index is 0.00000182. The summed E-state index contributed by atoms with van der Waals surface area (Å²) in [4.78, 5) is 15.0. The molecule has 1 saturated heterocycles. The number of anilines is 1. The van der Waals surface area contributed by atoms with Crippen LogP contribution in [0.2, 0.25) is 0 Å². The van der Waals surface area contributed by atoms with Gasteiger partial charge in [0.05, 0.1) is 16.9 Å². The van der Waals surface area contributed by atoms with Crippen molar-refractivity contribution in [3.8, 4) is 5.69 Å². The summed E-state index contributed by atoms with van der Waals surface area (Å²) in [5.74, 6) is 0. The monoisotopic (exact) mass is 356 g/mol. The van der Waals surface area contributed by atoms with Crippen LogP contribution in [0.1, 0.15) is 5.69 Å². The third-order valence-corrected chi connectivity index (χ3v) is 4.69. The lowest BCUT2D eigenvalue weighted by atomic mass is 10.2. The van der Waals surface area contributed by atoms with E-state index in [1.165, 1.54) is 11.1 Å². The summed E-state index contributed by atoms with van der Waals surface area (Å²) >= 11 is 0. The van der Waals surface area contributed by atoms with Gasteiger partial charge < -0.3 is 9.80 Å². The molecule has 0 bridgehead atoms. The molecule has 6 heteroatoms. The standard InChI is InChI=1S/C19H20N4O.ClH/c1-15-18-4-2-3-5-19(18)23(20-15)17-8-6-16(7-9-17)22-12-10-21(14-24)11-13-22;/h2-9,14H,10-13H2,1H3;1H. The molecule has 3 aromatic rings. The number of hydrogen-bond donors (Lipinski definition) is 0. The average molecular weight is 357 g/mol. The maximum atomic E-state index is 10.8. The zero-order valence-electron chi connectivity index (χ0n) is 14.1. The van der Waals surface area contributed by atoms with Gasteiger partial charge in [-0.2, -0.15) is 5.10 Å². The number of para-hydroxylation sites is 1. The molecule has 0 atom stereocenters. The number of carbonyl (C=O) groups is 1. The van der Waals surface area contributed by atoms with Crippen molar-refractivity contribution < 1.29 is 4.79 Å². The number of aryl methyl sites for hydroxylation is 1. The summed E-state index contributed by atoms with van der Waals surface area (Å²) in [6.07, 6.45) is 0.936. The van der Waals surface area contributed by atoms with Gasteiger partial charge in [-0.3, -0.25) is 4.79 Å². The molecular weight excluding hydrogens is 336 g/mol. The molecule has 5 nitrogen and oxygen atoms in total. The van der Waals surface area contributed by atoms with Crippen molar-refractivity contribution in [3.05, 3.63) is 54.2 Å². The van der Waals surface area contributed by atoms with Gasteiger partial charge in [-0.25, -0.2) is 4.68 Å². The summed E-state index contributed by atoms with van der Waals surface area (Å²) in [7, 11) is 0. The van der Waals surface area contributed by atoms with Crippen molar-refractivity contribution in [2.75, 3.05) is 31.1 Å². The van der Waals surface area contributed by atoms with Crippen LogP contribution in [0.3, 0.4) is 0 Å². The van der Waals surface area contributed by atoms with Crippen LogP contribution in [0.15, 0.2) is 48.5 Å². The number of halogens is 1. The predicted molar refractivity (Wildman–Crippen MR) is 103 cm³/mol. The highest BCUT2D eigenvalue weighted by molar-refractivity contribution is 5.85. The van der Waals surface area contributed by atoms with E-state index in [-0.39, 0.29) is 12.4 Å². The zero-order chi connectivity index (χ0) is 16.5. The van der Waals surface area contributed by atoms with Crippen LogP contribution in [-0.4, -0.2) is 47.3 Å². The van der Waals surface area contributed by atoms with Crippen molar-refractivity contribution in [1.29, 1.82) is 0 Å². The number of nitrogens with zero attached hydrogens (tertiary/aromatic N) is 4. The second kappa shape index (κ2) is 7.15. The van der Waals surface area contributed by atoms with Crippen molar-refractivity contribution in [2.45, 2.75) is 6.92 Å². The van der Waals surface area contributed by atoms with E-state index < -0.39 is 0 Å². The van der Waals surface area contributed by atoms with Crippen LogP contribution in [0, 0.1) is 6.92 Å². The van der Waals surface area contributed by atoms with Gasteiger partial charge in [0.15, 0.2) is 0 Å². The van der Waals surface area contributed by atoms with E-state index in [0.29, 0.717) is 0 Å². The number of hydrogen-bond acceptors (Lipinski definition) is 3. The molecule has 1 aliphatic rings. The SMILES string of the molecule is Cc1nn(-c2ccc(N3CCN(C=O)CC3)cc2)c2ccccc12.Cl. The fraction of sp³-hybridized carbons (Fsp3) is 0.263. The molecule has 2 aromatic carbocycles. The molecule has 0 aliphatic carbocycles. The van der Waals surface area contributed by atoms with Crippen molar-refractivity contribution in [1.82, 2.24) is 14.7 Å². The fourth-order valence-electron chi connectivity index (χ4n) is 3.31. The van der Waals surface area contributed by atoms with E-state index in [1.807, 2.05) is 28.6 Å². The van der Waals surface area contributed by atoms with E-state index >= 15 is 0 Å². The lowest BCUT2D eigenvalue weighted by Crippen LogP contribution is -2.45.